The van der Waals surface area contributed by atoms with Gasteiger partial charge < -0.3 is 10.6 Å². The van der Waals surface area contributed by atoms with Crippen LogP contribution in [0.4, 0.5) is 5.82 Å². The molecule has 1 aromatic heterocycles. The number of nitrogens with one attached hydrogen (secondary N) is 2. The minimum Gasteiger partial charge on any atom is -0.364 e. The van der Waals surface area contributed by atoms with Crippen molar-refractivity contribution in [3.05, 3.63) is 17.8 Å². The maximum absolute atomic E-state index is 10.9. The number of nitrogens with zero attached hydrogens (tertiary/aromatic N) is 2. The quantitative estimate of drug-likeness (QED) is 0.738. The topological polar surface area (TPSA) is 66.9 Å². The number of aromatic nitrogens is 2. The van der Waals surface area contributed by atoms with E-state index in [4.69, 9.17) is 0 Å². The van der Waals surface area contributed by atoms with Crippen LogP contribution in [0.1, 0.15) is 18.4 Å². The summed E-state index contributed by atoms with van der Waals surface area (Å²) >= 11 is 0. The second-order valence-corrected chi connectivity index (χ2v) is 3.80. The fourth-order valence-corrected chi connectivity index (χ4v) is 1.60. The van der Waals surface area contributed by atoms with Gasteiger partial charge in [-0.05, 0) is 25.0 Å². The molecular formula is C10H14N4O. The van der Waals surface area contributed by atoms with Gasteiger partial charge in [0.1, 0.15) is 5.82 Å². The normalized spacial score (nSPS) is 20.9. The van der Waals surface area contributed by atoms with Crippen LogP contribution in [0.15, 0.2) is 12.3 Å². The third-order valence-corrected chi connectivity index (χ3v) is 2.41. The Labute approximate surface area is 88.3 Å². The van der Waals surface area contributed by atoms with Gasteiger partial charge in [-0.3, -0.25) is 4.79 Å². The molecule has 1 aromatic rings. The summed E-state index contributed by atoms with van der Waals surface area (Å²) in [5.41, 5.74) is 1.08. The van der Waals surface area contributed by atoms with Crippen molar-refractivity contribution in [3.63, 3.8) is 0 Å². The smallest absolute Gasteiger partial charge is 0.220 e. The van der Waals surface area contributed by atoms with E-state index in [1.165, 1.54) is 0 Å². The van der Waals surface area contributed by atoms with E-state index in [1.54, 1.807) is 6.20 Å². The molecule has 1 fully saturated rings. The first-order valence-electron chi connectivity index (χ1n) is 5.06. The molecule has 1 aliphatic heterocycles. The fraction of sp³-hybridized carbons (Fsp3) is 0.500. The van der Waals surface area contributed by atoms with Crippen LogP contribution in [0.5, 0.6) is 0 Å². The number of amides is 1. The highest BCUT2D eigenvalue weighted by atomic mass is 16.1. The monoisotopic (exact) mass is 206 g/mol. The molecule has 1 saturated heterocycles. The summed E-state index contributed by atoms with van der Waals surface area (Å²) in [6.45, 7) is 2.64. The second kappa shape index (κ2) is 4.25. The fourth-order valence-electron chi connectivity index (χ4n) is 1.60. The molecule has 15 heavy (non-hydrogen) atoms. The van der Waals surface area contributed by atoms with E-state index < -0.39 is 0 Å². The molecule has 5 heteroatoms. The molecular weight excluding hydrogens is 192 g/mol. The lowest BCUT2D eigenvalue weighted by Crippen LogP contribution is -2.42. The Morgan fingerprint density at radius 2 is 2.47 bits per heavy atom. The highest BCUT2D eigenvalue weighted by molar-refractivity contribution is 5.76. The van der Waals surface area contributed by atoms with Gasteiger partial charge in [-0.2, -0.15) is 5.10 Å². The van der Waals surface area contributed by atoms with Crippen LogP contribution in [0.25, 0.3) is 0 Å². The van der Waals surface area contributed by atoms with Crippen LogP contribution in [0, 0.1) is 6.92 Å². The van der Waals surface area contributed by atoms with Gasteiger partial charge in [0.05, 0.1) is 6.20 Å². The number of hydrogen-bond acceptors (Lipinski definition) is 4. The first-order valence-corrected chi connectivity index (χ1v) is 5.06. The second-order valence-electron chi connectivity index (χ2n) is 3.80. The lowest BCUT2D eigenvalue weighted by molar-refractivity contribution is -0.122. The van der Waals surface area contributed by atoms with Gasteiger partial charge in [-0.1, -0.05) is 0 Å². The molecule has 80 valence electrons. The van der Waals surface area contributed by atoms with E-state index in [0.29, 0.717) is 13.0 Å². The van der Waals surface area contributed by atoms with Crippen LogP contribution >= 0.6 is 0 Å². The lowest BCUT2D eigenvalue weighted by atomic mass is 10.1. The maximum Gasteiger partial charge on any atom is 0.220 e. The third kappa shape index (κ3) is 2.65. The molecule has 1 amide bonds. The van der Waals surface area contributed by atoms with Gasteiger partial charge in [0.2, 0.25) is 5.91 Å². The Bertz CT molecular complexity index is 356. The zero-order valence-electron chi connectivity index (χ0n) is 8.66. The van der Waals surface area contributed by atoms with E-state index in [9.17, 15) is 4.79 Å². The average Bonchev–Trinajstić information content (AvgIpc) is 2.22. The number of hydrogen-bond donors (Lipinski definition) is 2. The summed E-state index contributed by atoms with van der Waals surface area (Å²) in [5.74, 6) is 0.902. The summed E-state index contributed by atoms with van der Waals surface area (Å²) in [4.78, 5) is 10.9. The average molecular weight is 206 g/mol. The summed E-state index contributed by atoms with van der Waals surface area (Å²) in [5, 5.41) is 13.9. The molecule has 0 spiro atoms. The minimum absolute atomic E-state index is 0.128. The molecule has 2 rings (SSSR count). The molecule has 2 heterocycles. The van der Waals surface area contributed by atoms with Gasteiger partial charge in [-0.15, -0.1) is 5.10 Å². The van der Waals surface area contributed by atoms with E-state index in [0.717, 1.165) is 17.8 Å². The Hall–Kier alpha value is -1.65. The standard InChI is InChI=1S/C10H14N4O/c1-7-4-9(14-12-5-7)13-8-2-3-10(15)11-6-8/h4-5,8H,2-3,6H2,1H3,(H,11,15)(H,13,14). The molecule has 2 N–H and O–H groups in total. The van der Waals surface area contributed by atoms with Crippen molar-refractivity contribution in [2.75, 3.05) is 11.9 Å². The largest absolute Gasteiger partial charge is 0.364 e. The van der Waals surface area contributed by atoms with Gasteiger partial charge in [0.15, 0.2) is 0 Å². The molecule has 0 radical (unpaired) electrons. The van der Waals surface area contributed by atoms with Crippen LogP contribution < -0.4 is 10.6 Å². The molecule has 5 nitrogen and oxygen atoms in total. The van der Waals surface area contributed by atoms with Crippen LogP contribution in [0.3, 0.4) is 0 Å². The van der Waals surface area contributed by atoms with Gasteiger partial charge in [0.25, 0.3) is 0 Å². The van der Waals surface area contributed by atoms with E-state index in [2.05, 4.69) is 20.8 Å². The highest BCUT2D eigenvalue weighted by Crippen LogP contribution is 2.10. The highest BCUT2D eigenvalue weighted by Gasteiger charge is 2.17. The van der Waals surface area contributed by atoms with E-state index in [-0.39, 0.29) is 11.9 Å². The zero-order valence-corrected chi connectivity index (χ0v) is 8.66. The predicted octanol–water partition coefficient (Wildman–Crippen LogP) is 0.476. The number of aryl methyl sites for hydroxylation is 1. The Balaban J connectivity index is 1.94. The molecule has 0 saturated carbocycles. The first kappa shape index (κ1) is 9.89. The van der Waals surface area contributed by atoms with Crippen LogP contribution in [-0.4, -0.2) is 28.7 Å². The molecule has 1 unspecified atom stereocenters. The van der Waals surface area contributed by atoms with Crippen molar-refractivity contribution in [3.8, 4) is 0 Å². The van der Waals surface area contributed by atoms with Crippen LogP contribution in [0.2, 0.25) is 0 Å². The van der Waals surface area contributed by atoms with Crippen molar-refractivity contribution in [2.45, 2.75) is 25.8 Å². The minimum atomic E-state index is 0.128. The van der Waals surface area contributed by atoms with Crippen molar-refractivity contribution >= 4 is 11.7 Å². The summed E-state index contributed by atoms with van der Waals surface area (Å²) in [7, 11) is 0. The number of rotatable bonds is 2. The number of carbonyl (C=O) groups excluding carboxylic acids is 1. The third-order valence-electron chi connectivity index (χ3n) is 2.41. The molecule has 1 aliphatic rings. The molecule has 0 aliphatic carbocycles. The van der Waals surface area contributed by atoms with Gasteiger partial charge >= 0.3 is 0 Å². The summed E-state index contributed by atoms with van der Waals surface area (Å²) in [6.07, 6.45) is 3.15. The van der Waals surface area contributed by atoms with Crippen molar-refractivity contribution in [2.24, 2.45) is 0 Å². The Morgan fingerprint density at radius 1 is 1.60 bits per heavy atom. The van der Waals surface area contributed by atoms with E-state index >= 15 is 0 Å². The summed E-state index contributed by atoms with van der Waals surface area (Å²) in [6, 6.07) is 2.21. The Kier molecular flexibility index (Phi) is 2.80. The van der Waals surface area contributed by atoms with Crippen molar-refractivity contribution in [1.82, 2.24) is 15.5 Å². The Morgan fingerprint density at radius 3 is 3.13 bits per heavy atom. The predicted molar refractivity (Wildman–Crippen MR) is 56.4 cm³/mol. The van der Waals surface area contributed by atoms with Gasteiger partial charge in [-0.25, -0.2) is 0 Å². The van der Waals surface area contributed by atoms with Crippen LogP contribution in [-0.2, 0) is 4.79 Å². The number of piperidine rings is 1. The number of anilines is 1. The molecule has 1 atom stereocenters. The lowest BCUT2D eigenvalue weighted by Gasteiger charge is -2.23. The van der Waals surface area contributed by atoms with Crippen molar-refractivity contribution < 1.29 is 4.79 Å². The molecule has 0 aromatic carbocycles. The first-order chi connectivity index (χ1) is 7.24. The molecule has 0 bridgehead atoms. The van der Waals surface area contributed by atoms with Crippen molar-refractivity contribution in [1.29, 1.82) is 0 Å². The summed E-state index contributed by atoms with van der Waals surface area (Å²) < 4.78 is 0. The maximum atomic E-state index is 10.9. The zero-order chi connectivity index (χ0) is 10.7. The SMILES string of the molecule is Cc1cnnc(NC2CCC(=O)NC2)c1. The van der Waals surface area contributed by atoms with Gasteiger partial charge in [0, 0.05) is 19.0 Å². The van der Waals surface area contributed by atoms with E-state index in [1.807, 2.05) is 13.0 Å². The number of carbonyl (C=O) groups is 1.